The van der Waals surface area contributed by atoms with Gasteiger partial charge in [0.15, 0.2) is 5.96 Å². The van der Waals surface area contributed by atoms with E-state index >= 15 is 0 Å². The van der Waals surface area contributed by atoms with Gasteiger partial charge in [0.2, 0.25) is 0 Å². The van der Waals surface area contributed by atoms with Gasteiger partial charge in [0.1, 0.15) is 0 Å². The lowest BCUT2D eigenvalue weighted by Crippen LogP contribution is -2.38. The number of thioether (sulfide) groups is 1. The molecule has 128 valence electrons. The summed E-state index contributed by atoms with van der Waals surface area (Å²) in [6.07, 6.45) is 7.09. The minimum absolute atomic E-state index is 0. The van der Waals surface area contributed by atoms with Crippen molar-refractivity contribution >= 4 is 41.7 Å². The molecule has 0 saturated carbocycles. The van der Waals surface area contributed by atoms with Crippen LogP contribution in [0.5, 0.6) is 0 Å². The number of halogens is 1. The lowest BCUT2D eigenvalue weighted by molar-refractivity contribution is 0.297. The highest BCUT2D eigenvalue weighted by molar-refractivity contribution is 14.0. The lowest BCUT2D eigenvalue weighted by atomic mass is 10.3. The zero-order valence-electron chi connectivity index (χ0n) is 14.3. The Hall–Kier alpha value is 0.310. The SMILES string of the molecule is CCN(CC)CCCCNC(=NC)NCCCCSC.I. The number of nitrogens with zero attached hydrogens (tertiary/aromatic N) is 2. The molecule has 0 heterocycles. The molecule has 0 aromatic carbocycles. The number of rotatable bonds is 12. The second-order valence-corrected chi connectivity index (χ2v) is 5.85. The Morgan fingerprint density at radius 1 is 1.00 bits per heavy atom. The van der Waals surface area contributed by atoms with Crippen LogP contribution in [0.2, 0.25) is 0 Å². The second-order valence-electron chi connectivity index (χ2n) is 4.86. The van der Waals surface area contributed by atoms with Gasteiger partial charge < -0.3 is 15.5 Å². The summed E-state index contributed by atoms with van der Waals surface area (Å²) < 4.78 is 0. The summed E-state index contributed by atoms with van der Waals surface area (Å²) in [5, 5.41) is 6.75. The molecule has 0 saturated heterocycles. The molecule has 0 bridgehead atoms. The topological polar surface area (TPSA) is 39.7 Å². The molecule has 2 N–H and O–H groups in total. The predicted octanol–water partition coefficient (Wildman–Crippen LogP) is 3.03. The van der Waals surface area contributed by atoms with Gasteiger partial charge >= 0.3 is 0 Å². The van der Waals surface area contributed by atoms with Gasteiger partial charge in [-0.2, -0.15) is 11.8 Å². The van der Waals surface area contributed by atoms with Crippen LogP contribution < -0.4 is 10.6 Å². The van der Waals surface area contributed by atoms with Crippen molar-refractivity contribution < 1.29 is 0 Å². The van der Waals surface area contributed by atoms with E-state index in [1.807, 2.05) is 18.8 Å². The largest absolute Gasteiger partial charge is 0.356 e. The third kappa shape index (κ3) is 15.0. The van der Waals surface area contributed by atoms with E-state index in [2.05, 4.69) is 40.6 Å². The molecule has 0 amide bonds. The molecule has 0 rings (SSSR count). The van der Waals surface area contributed by atoms with Crippen molar-refractivity contribution in [3.8, 4) is 0 Å². The van der Waals surface area contributed by atoms with Crippen LogP contribution in [-0.4, -0.2) is 62.6 Å². The number of hydrogen-bond donors (Lipinski definition) is 2. The fraction of sp³-hybridized carbons (Fsp3) is 0.933. The zero-order chi connectivity index (χ0) is 15.1. The number of unbranched alkanes of at least 4 members (excludes halogenated alkanes) is 2. The summed E-state index contributed by atoms with van der Waals surface area (Å²) in [7, 11) is 1.84. The Labute approximate surface area is 153 Å². The number of aliphatic imine (C=N–C) groups is 1. The Morgan fingerprint density at radius 3 is 2.05 bits per heavy atom. The van der Waals surface area contributed by atoms with E-state index in [0.717, 1.165) is 32.1 Å². The summed E-state index contributed by atoms with van der Waals surface area (Å²) >= 11 is 1.91. The van der Waals surface area contributed by atoms with E-state index in [1.54, 1.807) is 0 Å². The van der Waals surface area contributed by atoms with E-state index in [-0.39, 0.29) is 24.0 Å². The Morgan fingerprint density at radius 2 is 1.57 bits per heavy atom. The van der Waals surface area contributed by atoms with E-state index < -0.39 is 0 Å². The normalized spacial score (nSPS) is 11.4. The van der Waals surface area contributed by atoms with Crippen LogP contribution in [0.3, 0.4) is 0 Å². The standard InChI is InChI=1S/C15H34N4S.HI/c1-5-19(6-2)13-9-7-11-17-15(16-3)18-12-8-10-14-20-4;/h5-14H2,1-4H3,(H2,16,17,18);1H. The van der Waals surface area contributed by atoms with Gasteiger partial charge in [-0.1, -0.05) is 13.8 Å². The van der Waals surface area contributed by atoms with E-state index in [1.165, 1.54) is 38.0 Å². The molecule has 0 fully saturated rings. The number of hydrogen-bond acceptors (Lipinski definition) is 3. The van der Waals surface area contributed by atoms with Gasteiger partial charge in [-0.05, 0) is 57.3 Å². The Bertz CT molecular complexity index is 236. The second kappa shape index (κ2) is 18.4. The van der Waals surface area contributed by atoms with Crippen molar-refractivity contribution in [1.29, 1.82) is 0 Å². The molecule has 0 aliphatic rings. The maximum absolute atomic E-state index is 4.25. The Balaban J connectivity index is 0. The van der Waals surface area contributed by atoms with Crippen LogP contribution in [-0.2, 0) is 0 Å². The van der Waals surface area contributed by atoms with Crippen LogP contribution >= 0.6 is 35.7 Å². The maximum Gasteiger partial charge on any atom is 0.190 e. The monoisotopic (exact) mass is 430 g/mol. The van der Waals surface area contributed by atoms with Crippen LogP contribution in [0.4, 0.5) is 0 Å². The van der Waals surface area contributed by atoms with Gasteiger partial charge in [0.25, 0.3) is 0 Å². The molecular formula is C15H35IN4S. The molecule has 0 aromatic rings. The highest BCUT2D eigenvalue weighted by Gasteiger charge is 1.99. The smallest absolute Gasteiger partial charge is 0.190 e. The molecule has 21 heavy (non-hydrogen) atoms. The van der Waals surface area contributed by atoms with Crippen molar-refractivity contribution in [2.24, 2.45) is 4.99 Å². The van der Waals surface area contributed by atoms with Crippen molar-refractivity contribution in [2.45, 2.75) is 39.5 Å². The van der Waals surface area contributed by atoms with E-state index in [9.17, 15) is 0 Å². The van der Waals surface area contributed by atoms with Crippen molar-refractivity contribution in [3.05, 3.63) is 0 Å². The highest BCUT2D eigenvalue weighted by atomic mass is 127. The van der Waals surface area contributed by atoms with Gasteiger partial charge in [-0.25, -0.2) is 0 Å². The first-order chi connectivity index (χ1) is 9.78. The van der Waals surface area contributed by atoms with E-state index in [0.29, 0.717) is 0 Å². The zero-order valence-corrected chi connectivity index (χ0v) is 17.4. The minimum atomic E-state index is 0. The van der Waals surface area contributed by atoms with E-state index in [4.69, 9.17) is 0 Å². The predicted molar refractivity (Wildman–Crippen MR) is 109 cm³/mol. The molecule has 6 heteroatoms. The molecular weight excluding hydrogens is 395 g/mol. The van der Waals surface area contributed by atoms with Gasteiger partial charge in [0.05, 0.1) is 0 Å². The first-order valence-electron chi connectivity index (χ1n) is 7.94. The maximum atomic E-state index is 4.25. The summed E-state index contributed by atoms with van der Waals surface area (Å²) in [6, 6.07) is 0. The molecule has 0 spiro atoms. The number of guanidine groups is 1. The van der Waals surface area contributed by atoms with Crippen LogP contribution in [0.25, 0.3) is 0 Å². The molecule has 0 unspecified atom stereocenters. The van der Waals surface area contributed by atoms with Crippen molar-refractivity contribution in [1.82, 2.24) is 15.5 Å². The summed E-state index contributed by atoms with van der Waals surface area (Å²) in [6.45, 7) is 9.99. The summed E-state index contributed by atoms with van der Waals surface area (Å²) in [4.78, 5) is 6.72. The van der Waals surface area contributed by atoms with Gasteiger partial charge in [-0.3, -0.25) is 4.99 Å². The molecule has 0 atom stereocenters. The number of nitrogens with one attached hydrogen (secondary N) is 2. The molecule has 0 radical (unpaired) electrons. The first-order valence-corrected chi connectivity index (χ1v) is 9.33. The van der Waals surface area contributed by atoms with Crippen molar-refractivity contribution in [2.75, 3.05) is 51.8 Å². The summed E-state index contributed by atoms with van der Waals surface area (Å²) in [5.74, 6) is 2.19. The Kier molecular flexibility index (Phi) is 20.6. The van der Waals surface area contributed by atoms with Gasteiger partial charge in [0, 0.05) is 20.1 Å². The van der Waals surface area contributed by atoms with Crippen LogP contribution in [0.1, 0.15) is 39.5 Å². The molecule has 4 nitrogen and oxygen atoms in total. The average Bonchev–Trinajstić information content (AvgIpc) is 2.48. The first kappa shape index (κ1) is 23.6. The summed E-state index contributed by atoms with van der Waals surface area (Å²) in [5.41, 5.74) is 0. The van der Waals surface area contributed by atoms with Crippen molar-refractivity contribution in [3.63, 3.8) is 0 Å². The third-order valence-corrected chi connectivity index (χ3v) is 4.08. The van der Waals surface area contributed by atoms with Crippen LogP contribution in [0.15, 0.2) is 4.99 Å². The fourth-order valence-electron chi connectivity index (χ4n) is 2.01. The molecule has 0 aromatic heterocycles. The minimum Gasteiger partial charge on any atom is -0.356 e. The average molecular weight is 430 g/mol. The lowest BCUT2D eigenvalue weighted by Gasteiger charge is -2.18. The highest BCUT2D eigenvalue weighted by Crippen LogP contribution is 1.97. The van der Waals surface area contributed by atoms with Crippen LogP contribution in [0, 0.1) is 0 Å². The van der Waals surface area contributed by atoms with Gasteiger partial charge in [-0.15, -0.1) is 24.0 Å². The quantitative estimate of drug-likeness (QED) is 0.216. The fourth-order valence-corrected chi connectivity index (χ4v) is 2.50. The molecule has 0 aliphatic heterocycles. The molecule has 0 aliphatic carbocycles. The third-order valence-electron chi connectivity index (χ3n) is 3.38.